The van der Waals surface area contributed by atoms with Crippen LogP contribution in [0.3, 0.4) is 0 Å². The zero-order valence-corrected chi connectivity index (χ0v) is 13.5. The van der Waals surface area contributed by atoms with Crippen LogP contribution in [0.2, 0.25) is 0 Å². The first-order valence-corrected chi connectivity index (χ1v) is 7.84. The van der Waals surface area contributed by atoms with Crippen molar-refractivity contribution in [1.82, 2.24) is 9.80 Å². The predicted octanol–water partition coefficient (Wildman–Crippen LogP) is 1.18. The zero-order chi connectivity index (χ0) is 15.9. The molecule has 0 saturated carbocycles. The minimum absolute atomic E-state index is 0.0680. The van der Waals surface area contributed by atoms with Gasteiger partial charge in [0.2, 0.25) is 5.91 Å². The molecule has 22 heavy (non-hydrogen) atoms. The summed E-state index contributed by atoms with van der Waals surface area (Å²) in [5, 5.41) is 0. The summed E-state index contributed by atoms with van der Waals surface area (Å²) >= 11 is 0. The highest BCUT2D eigenvalue weighted by atomic mass is 16.2. The molecule has 1 atom stereocenters. The normalized spacial score (nSPS) is 24.3. The van der Waals surface area contributed by atoms with Gasteiger partial charge in [0.1, 0.15) is 0 Å². The topological polar surface area (TPSA) is 43.9 Å². The van der Waals surface area contributed by atoms with Gasteiger partial charge >= 0.3 is 0 Å². The maximum absolute atomic E-state index is 12.8. The van der Waals surface area contributed by atoms with Gasteiger partial charge in [0.25, 0.3) is 5.91 Å². The molecular weight excluding hydrogens is 278 g/mol. The summed E-state index contributed by atoms with van der Waals surface area (Å²) in [5.41, 5.74) is 2.84. The number of rotatable bonds is 2. The van der Waals surface area contributed by atoms with E-state index in [-0.39, 0.29) is 17.9 Å². The Bertz CT molecular complexity index is 606. The first kappa shape index (κ1) is 15.2. The van der Waals surface area contributed by atoms with Gasteiger partial charge in [0.15, 0.2) is 0 Å². The number of hydrogen-bond donors (Lipinski definition) is 0. The number of hydrogen-bond acceptors (Lipinski definition) is 4. The van der Waals surface area contributed by atoms with Crippen molar-refractivity contribution in [3.8, 4) is 0 Å². The van der Waals surface area contributed by atoms with E-state index in [1.165, 1.54) is 4.90 Å². The van der Waals surface area contributed by atoms with Crippen LogP contribution in [-0.2, 0) is 9.59 Å². The number of carbonyl (C=O) groups excluding carboxylic acids is 2. The summed E-state index contributed by atoms with van der Waals surface area (Å²) in [6, 6.07) is 5.56. The van der Waals surface area contributed by atoms with Crippen LogP contribution in [0.15, 0.2) is 18.2 Å². The Hall–Kier alpha value is -1.72. The zero-order valence-electron chi connectivity index (χ0n) is 13.5. The lowest BCUT2D eigenvalue weighted by Crippen LogP contribution is -2.51. The van der Waals surface area contributed by atoms with Crippen LogP contribution in [0.5, 0.6) is 0 Å². The van der Waals surface area contributed by atoms with Crippen molar-refractivity contribution in [1.29, 1.82) is 0 Å². The van der Waals surface area contributed by atoms with E-state index in [0.29, 0.717) is 6.42 Å². The summed E-state index contributed by atoms with van der Waals surface area (Å²) in [5.74, 6) is -0.151. The van der Waals surface area contributed by atoms with Crippen molar-refractivity contribution >= 4 is 17.5 Å². The largest absolute Gasteiger partial charge is 0.304 e. The standard InChI is InChI=1S/C17H23N3O2/c1-12-4-5-14(13(2)10-12)20-16(21)11-15(17(20)22)19-8-6-18(3)7-9-19/h4-5,10,15H,6-9,11H2,1-3H3/t15-/m0/s1. The Balaban J connectivity index is 1.82. The number of benzene rings is 1. The molecule has 2 amide bonds. The third-order valence-electron chi connectivity index (χ3n) is 4.69. The molecule has 1 aromatic rings. The quantitative estimate of drug-likeness (QED) is 0.770. The van der Waals surface area contributed by atoms with Crippen LogP contribution in [0.4, 0.5) is 5.69 Å². The Morgan fingerprint density at radius 3 is 2.36 bits per heavy atom. The summed E-state index contributed by atoms with van der Waals surface area (Å²) in [6.07, 6.45) is 0.301. The monoisotopic (exact) mass is 301 g/mol. The summed E-state index contributed by atoms with van der Waals surface area (Å²) in [4.78, 5) is 31.0. The molecule has 118 valence electrons. The van der Waals surface area contributed by atoms with E-state index in [9.17, 15) is 9.59 Å². The van der Waals surface area contributed by atoms with E-state index >= 15 is 0 Å². The van der Waals surface area contributed by atoms with Crippen molar-refractivity contribution in [2.75, 3.05) is 38.1 Å². The van der Waals surface area contributed by atoms with Crippen molar-refractivity contribution in [2.24, 2.45) is 0 Å². The second-order valence-electron chi connectivity index (χ2n) is 6.42. The fourth-order valence-corrected chi connectivity index (χ4v) is 3.34. The van der Waals surface area contributed by atoms with Crippen LogP contribution in [-0.4, -0.2) is 60.9 Å². The van der Waals surface area contributed by atoms with Gasteiger partial charge in [-0.15, -0.1) is 0 Å². The summed E-state index contributed by atoms with van der Waals surface area (Å²) in [7, 11) is 2.08. The van der Waals surface area contributed by atoms with Gasteiger partial charge in [-0.3, -0.25) is 14.5 Å². The molecule has 0 radical (unpaired) electrons. The molecule has 5 nitrogen and oxygen atoms in total. The van der Waals surface area contributed by atoms with Gasteiger partial charge in [-0.1, -0.05) is 17.7 Å². The maximum Gasteiger partial charge on any atom is 0.251 e. The molecule has 0 N–H and O–H groups in total. The van der Waals surface area contributed by atoms with Crippen LogP contribution in [0, 0.1) is 13.8 Å². The van der Waals surface area contributed by atoms with E-state index < -0.39 is 0 Å². The van der Waals surface area contributed by atoms with E-state index in [0.717, 1.165) is 43.0 Å². The molecule has 2 aliphatic rings. The highest BCUT2D eigenvalue weighted by Gasteiger charge is 2.43. The predicted molar refractivity (Wildman–Crippen MR) is 85.9 cm³/mol. The number of imide groups is 1. The molecule has 3 rings (SSSR count). The van der Waals surface area contributed by atoms with Gasteiger partial charge < -0.3 is 4.90 Å². The fraction of sp³-hybridized carbons (Fsp3) is 0.529. The molecule has 0 aromatic heterocycles. The molecule has 2 fully saturated rings. The van der Waals surface area contributed by atoms with Crippen molar-refractivity contribution in [3.63, 3.8) is 0 Å². The smallest absolute Gasteiger partial charge is 0.251 e. The molecule has 2 aliphatic heterocycles. The number of nitrogens with zero attached hydrogens (tertiary/aromatic N) is 3. The molecule has 0 aliphatic carbocycles. The Labute approximate surface area is 131 Å². The Morgan fingerprint density at radius 1 is 1.05 bits per heavy atom. The molecule has 5 heteroatoms. The Kier molecular flexibility index (Phi) is 4.02. The first-order chi connectivity index (χ1) is 10.5. The highest BCUT2D eigenvalue weighted by Crippen LogP contribution is 2.29. The van der Waals surface area contributed by atoms with E-state index in [4.69, 9.17) is 0 Å². The molecule has 2 saturated heterocycles. The van der Waals surface area contributed by atoms with Crippen LogP contribution in [0.25, 0.3) is 0 Å². The highest BCUT2D eigenvalue weighted by molar-refractivity contribution is 6.22. The number of anilines is 1. The molecule has 1 aromatic carbocycles. The van der Waals surface area contributed by atoms with Gasteiger partial charge in [0.05, 0.1) is 18.2 Å². The second kappa shape index (κ2) is 5.82. The molecule has 2 heterocycles. The van der Waals surface area contributed by atoms with Crippen molar-refractivity contribution in [2.45, 2.75) is 26.3 Å². The van der Waals surface area contributed by atoms with Crippen molar-refractivity contribution in [3.05, 3.63) is 29.3 Å². The molecule has 0 spiro atoms. The van der Waals surface area contributed by atoms with Crippen LogP contribution < -0.4 is 4.90 Å². The maximum atomic E-state index is 12.8. The van der Waals surface area contributed by atoms with Gasteiger partial charge in [-0.2, -0.15) is 0 Å². The van der Waals surface area contributed by atoms with E-state index in [1.807, 2.05) is 32.0 Å². The SMILES string of the molecule is Cc1ccc(N2C(=O)C[C@H](N3CCN(C)CC3)C2=O)c(C)c1. The lowest BCUT2D eigenvalue weighted by atomic mass is 10.1. The van der Waals surface area contributed by atoms with Crippen LogP contribution >= 0.6 is 0 Å². The second-order valence-corrected chi connectivity index (χ2v) is 6.42. The lowest BCUT2D eigenvalue weighted by Gasteiger charge is -2.35. The van der Waals surface area contributed by atoms with Gasteiger partial charge in [0, 0.05) is 26.2 Å². The number of aryl methyl sites for hydroxylation is 2. The third-order valence-corrected chi connectivity index (χ3v) is 4.69. The summed E-state index contributed by atoms with van der Waals surface area (Å²) in [6.45, 7) is 7.55. The van der Waals surface area contributed by atoms with Crippen molar-refractivity contribution < 1.29 is 9.59 Å². The average molecular weight is 301 g/mol. The summed E-state index contributed by atoms with van der Waals surface area (Å²) < 4.78 is 0. The first-order valence-electron chi connectivity index (χ1n) is 7.84. The minimum Gasteiger partial charge on any atom is -0.304 e. The fourth-order valence-electron chi connectivity index (χ4n) is 3.34. The number of piperazine rings is 1. The minimum atomic E-state index is -0.290. The number of amides is 2. The number of carbonyl (C=O) groups is 2. The number of likely N-dealkylation sites (N-methyl/N-ethyl adjacent to an activating group) is 1. The Morgan fingerprint density at radius 2 is 1.73 bits per heavy atom. The third kappa shape index (κ3) is 2.66. The molecule has 0 unspecified atom stereocenters. The average Bonchev–Trinajstić information content (AvgIpc) is 2.76. The van der Waals surface area contributed by atoms with E-state index in [2.05, 4.69) is 16.8 Å². The van der Waals surface area contributed by atoms with Gasteiger partial charge in [-0.25, -0.2) is 4.90 Å². The van der Waals surface area contributed by atoms with Gasteiger partial charge in [-0.05, 0) is 32.5 Å². The van der Waals surface area contributed by atoms with Crippen LogP contribution in [0.1, 0.15) is 17.5 Å². The lowest BCUT2D eigenvalue weighted by molar-refractivity contribution is -0.123. The molecule has 0 bridgehead atoms. The molecular formula is C17H23N3O2. The van der Waals surface area contributed by atoms with E-state index in [1.54, 1.807) is 0 Å².